The van der Waals surface area contributed by atoms with E-state index in [0.717, 1.165) is 18.7 Å². The molecule has 0 spiro atoms. The van der Waals surface area contributed by atoms with Crippen molar-refractivity contribution in [2.45, 2.75) is 13.0 Å². The number of carbonyl (C=O) groups excluding carboxylic acids is 1. The van der Waals surface area contributed by atoms with Crippen LogP contribution in [0.1, 0.15) is 29.0 Å². The fourth-order valence-corrected chi connectivity index (χ4v) is 3.25. The molecule has 1 aromatic carbocycles. The molecule has 1 saturated heterocycles. The van der Waals surface area contributed by atoms with E-state index in [1.165, 1.54) is 0 Å². The molecule has 1 aliphatic rings. The minimum Gasteiger partial charge on any atom is -0.478 e. The third kappa shape index (κ3) is 3.94. The topological polar surface area (TPSA) is 45.7 Å². The Bertz CT molecular complexity index is 739. The van der Waals surface area contributed by atoms with Gasteiger partial charge in [-0.05, 0) is 25.6 Å². The van der Waals surface area contributed by atoms with Crippen LogP contribution in [0.2, 0.25) is 5.02 Å². The van der Waals surface area contributed by atoms with E-state index in [2.05, 4.69) is 29.1 Å². The Morgan fingerprint density at radius 2 is 2.00 bits per heavy atom. The molecule has 6 heteroatoms. The van der Waals surface area contributed by atoms with Crippen molar-refractivity contribution in [2.75, 3.05) is 33.3 Å². The van der Waals surface area contributed by atoms with Gasteiger partial charge in [0.25, 0.3) is 5.91 Å². The second-order valence-corrected chi connectivity index (χ2v) is 6.51. The standard InChI is InChI=1S/C19H22ClN3O2/c1-3-25-17-10-9-15(20)18(21-17)19(24)23-12-11-22(2)13-16(23)14-7-5-4-6-8-14/h4-10,16H,3,11-13H2,1-2H3. The molecule has 0 radical (unpaired) electrons. The molecule has 1 aromatic heterocycles. The zero-order valence-corrected chi connectivity index (χ0v) is 15.2. The summed E-state index contributed by atoms with van der Waals surface area (Å²) in [5.41, 5.74) is 1.36. The number of likely N-dealkylation sites (N-methyl/N-ethyl adjacent to an activating group) is 1. The minimum atomic E-state index is -0.159. The first kappa shape index (κ1) is 17.7. The Kier molecular flexibility index (Phi) is 5.56. The molecular formula is C19H22ClN3O2. The first-order valence-corrected chi connectivity index (χ1v) is 8.81. The van der Waals surface area contributed by atoms with Gasteiger partial charge in [-0.25, -0.2) is 4.98 Å². The Balaban J connectivity index is 1.92. The summed E-state index contributed by atoms with van der Waals surface area (Å²) in [5.74, 6) is 0.258. The molecule has 132 valence electrons. The number of amides is 1. The van der Waals surface area contributed by atoms with Crippen molar-refractivity contribution in [3.8, 4) is 5.88 Å². The number of hydrogen-bond acceptors (Lipinski definition) is 4. The number of pyridine rings is 1. The number of ether oxygens (including phenoxy) is 1. The molecule has 2 heterocycles. The van der Waals surface area contributed by atoms with Gasteiger partial charge in [-0.2, -0.15) is 0 Å². The molecule has 5 nitrogen and oxygen atoms in total. The number of aromatic nitrogens is 1. The van der Waals surface area contributed by atoms with Crippen LogP contribution in [0, 0.1) is 0 Å². The Labute approximate surface area is 153 Å². The quantitative estimate of drug-likeness (QED) is 0.840. The van der Waals surface area contributed by atoms with Crippen LogP contribution >= 0.6 is 11.6 Å². The zero-order chi connectivity index (χ0) is 17.8. The Hall–Kier alpha value is -2.11. The number of hydrogen-bond donors (Lipinski definition) is 0. The lowest BCUT2D eigenvalue weighted by Crippen LogP contribution is -2.49. The van der Waals surface area contributed by atoms with E-state index in [4.69, 9.17) is 16.3 Å². The molecule has 1 atom stereocenters. The molecule has 25 heavy (non-hydrogen) atoms. The third-order valence-corrected chi connectivity index (χ3v) is 4.65. The number of benzene rings is 1. The fourth-order valence-electron chi connectivity index (χ4n) is 3.06. The van der Waals surface area contributed by atoms with E-state index < -0.39 is 0 Å². The van der Waals surface area contributed by atoms with Gasteiger partial charge >= 0.3 is 0 Å². The number of rotatable bonds is 4. The highest BCUT2D eigenvalue weighted by atomic mass is 35.5. The predicted octanol–water partition coefficient (Wildman–Crippen LogP) is 3.26. The summed E-state index contributed by atoms with van der Waals surface area (Å²) in [4.78, 5) is 21.6. The van der Waals surface area contributed by atoms with E-state index in [-0.39, 0.29) is 17.6 Å². The van der Waals surface area contributed by atoms with Crippen molar-refractivity contribution in [2.24, 2.45) is 0 Å². The highest BCUT2D eigenvalue weighted by Crippen LogP contribution is 2.28. The van der Waals surface area contributed by atoms with Crippen LogP contribution in [0.4, 0.5) is 0 Å². The summed E-state index contributed by atoms with van der Waals surface area (Å²) in [6, 6.07) is 13.4. The van der Waals surface area contributed by atoms with Gasteiger partial charge in [0.05, 0.1) is 17.7 Å². The summed E-state index contributed by atoms with van der Waals surface area (Å²) < 4.78 is 5.42. The van der Waals surface area contributed by atoms with Crippen molar-refractivity contribution < 1.29 is 9.53 Å². The van der Waals surface area contributed by atoms with Crippen LogP contribution < -0.4 is 4.74 Å². The van der Waals surface area contributed by atoms with Crippen molar-refractivity contribution in [1.29, 1.82) is 0 Å². The summed E-state index contributed by atoms with van der Waals surface area (Å²) in [5, 5.41) is 0.346. The normalized spacial score (nSPS) is 18.2. The van der Waals surface area contributed by atoms with Crippen molar-refractivity contribution in [1.82, 2.24) is 14.8 Å². The van der Waals surface area contributed by atoms with Crippen LogP contribution in [-0.4, -0.2) is 54.0 Å². The molecule has 0 bridgehead atoms. The second kappa shape index (κ2) is 7.85. The lowest BCUT2D eigenvalue weighted by atomic mass is 10.0. The third-order valence-electron chi connectivity index (χ3n) is 4.34. The lowest BCUT2D eigenvalue weighted by Gasteiger charge is -2.40. The largest absolute Gasteiger partial charge is 0.478 e. The Morgan fingerprint density at radius 3 is 2.72 bits per heavy atom. The highest BCUT2D eigenvalue weighted by Gasteiger charge is 2.32. The maximum Gasteiger partial charge on any atom is 0.274 e. The monoisotopic (exact) mass is 359 g/mol. The minimum absolute atomic E-state index is 0.0268. The maximum atomic E-state index is 13.2. The van der Waals surface area contributed by atoms with Crippen LogP contribution in [0.5, 0.6) is 5.88 Å². The van der Waals surface area contributed by atoms with Gasteiger partial charge in [0.15, 0.2) is 5.69 Å². The van der Waals surface area contributed by atoms with Gasteiger partial charge < -0.3 is 14.5 Å². The Morgan fingerprint density at radius 1 is 1.24 bits per heavy atom. The van der Waals surface area contributed by atoms with Crippen molar-refractivity contribution in [3.63, 3.8) is 0 Å². The van der Waals surface area contributed by atoms with Gasteiger partial charge in [0.1, 0.15) is 0 Å². The van der Waals surface area contributed by atoms with Crippen molar-refractivity contribution in [3.05, 3.63) is 58.7 Å². The van der Waals surface area contributed by atoms with Gasteiger partial charge in [0.2, 0.25) is 5.88 Å². The second-order valence-electron chi connectivity index (χ2n) is 6.10. The van der Waals surface area contributed by atoms with E-state index in [1.54, 1.807) is 12.1 Å². The number of piperazine rings is 1. The number of halogens is 1. The molecule has 1 aliphatic heterocycles. The molecule has 1 amide bonds. The van der Waals surface area contributed by atoms with Gasteiger partial charge in [-0.15, -0.1) is 0 Å². The van der Waals surface area contributed by atoms with Gasteiger partial charge in [-0.3, -0.25) is 4.79 Å². The van der Waals surface area contributed by atoms with E-state index >= 15 is 0 Å². The fraction of sp³-hybridized carbons (Fsp3) is 0.368. The first-order chi connectivity index (χ1) is 12.1. The van der Waals surface area contributed by atoms with Crippen LogP contribution in [0.25, 0.3) is 0 Å². The lowest BCUT2D eigenvalue weighted by molar-refractivity contribution is 0.0491. The SMILES string of the molecule is CCOc1ccc(Cl)c(C(=O)N2CCN(C)CC2c2ccccc2)n1. The van der Waals surface area contributed by atoms with Crippen LogP contribution in [0.3, 0.4) is 0 Å². The molecule has 0 saturated carbocycles. The van der Waals surface area contributed by atoms with E-state index in [1.807, 2.05) is 30.0 Å². The van der Waals surface area contributed by atoms with Gasteiger partial charge in [-0.1, -0.05) is 41.9 Å². The molecule has 1 unspecified atom stereocenters. The summed E-state index contributed by atoms with van der Waals surface area (Å²) in [6.07, 6.45) is 0. The first-order valence-electron chi connectivity index (χ1n) is 8.44. The molecule has 2 aromatic rings. The van der Waals surface area contributed by atoms with Crippen molar-refractivity contribution >= 4 is 17.5 Å². The average Bonchev–Trinajstić information content (AvgIpc) is 2.63. The average molecular weight is 360 g/mol. The summed E-state index contributed by atoms with van der Waals surface area (Å²) >= 11 is 6.26. The van der Waals surface area contributed by atoms with E-state index in [9.17, 15) is 4.79 Å². The predicted molar refractivity (Wildman–Crippen MR) is 98.1 cm³/mol. The molecule has 3 rings (SSSR count). The molecule has 1 fully saturated rings. The summed E-state index contributed by atoms with van der Waals surface area (Å²) in [6.45, 7) is 4.59. The van der Waals surface area contributed by atoms with Gasteiger partial charge in [0, 0.05) is 25.7 Å². The van der Waals surface area contributed by atoms with Crippen LogP contribution in [-0.2, 0) is 0 Å². The van der Waals surface area contributed by atoms with E-state index in [0.29, 0.717) is 24.1 Å². The maximum absolute atomic E-state index is 13.2. The highest BCUT2D eigenvalue weighted by molar-refractivity contribution is 6.33. The zero-order valence-electron chi connectivity index (χ0n) is 14.5. The van der Waals surface area contributed by atoms with Crippen LogP contribution in [0.15, 0.2) is 42.5 Å². The number of carbonyl (C=O) groups is 1. The number of nitrogens with zero attached hydrogens (tertiary/aromatic N) is 3. The summed E-state index contributed by atoms with van der Waals surface area (Å²) in [7, 11) is 2.07. The molecule has 0 aliphatic carbocycles. The molecule has 0 N–H and O–H groups in total. The molecular weight excluding hydrogens is 338 g/mol. The smallest absolute Gasteiger partial charge is 0.274 e.